The van der Waals surface area contributed by atoms with E-state index >= 15 is 0 Å². The van der Waals surface area contributed by atoms with Gasteiger partial charge in [-0.15, -0.1) is 0 Å². The fourth-order valence-electron chi connectivity index (χ4n) is 8.80. The molecule has 0 bridgehead atoms. The van der Waals surface area contributed by atoms with E-state index in [-0.39, 0.29) is 0 Å². The first-order valence-electron chi connectivity index (χ1n) is 25.9. The molecule has 0 radical (unpaired) electrons. The van der Waals surface area contributed by atoms with Crippen molar-refractivity contribution in [3.63, 3.8) is 0 Å². The largest absolute Gasteiger partial charge is 0.256 e. The Morgan fingerprint density at radius 3 is 0.889 bits per heavy atom. The molecule has 0 unspecified atom stereocenters. The standard InChI is InChI=1S/C52H103N2/c1-4-7-10-13-16-19-22-25-27-28-29-30-32-35-38-41-44-47-52-53(48-45-42-39-36-33-24-21-18-15-12-9-6-3)50-51-54(52)49-46-43-40-37-34-31-26-23-20-17-14-11-8-5-2/h50-51H,4-49H2,1-3H3/q+1. The topological polar surface area (TPSA) is 8.81 Å². The van der Waals surface area contributed by atoms with Crippen LogP contribution in [0.2, 0.25) is 0 Å². The molecule has 0 atom stereocenters. The molecule has 0 N–H and O–H groups in total. The molecule has 1 aromatic heterocycles. The smallest absolute Gasteiger partial charge is 0.234 e. The van der Waals surface area contributed by atoms with Crippen molar-refractivity contribution in [1.29, 1.82) is 0 Å². The Morgan fingerprint density at radius 1 is 0.315 bits per heavy atom. The molecule has 0 spiro atoms. The van der Waals surface area contributed by atoms with E-state index in [1.54, 1.807) is 5.82 Å². The lowest BCUT2D eigenvalue weighted by Crippen LogP contribution is -2.37. The Kier molecular flexibility index (Phi) is 41.1. The summed E-state index contributed by atoms with van der Waals surface area (Å²) in [4.78, 5) is 0. The number of unbranched alkanes of at least 4 members (excludes halogenated alkanes) is 40. The Bertz CT molecular complexity index is 826. The zero-order valence-electron chi connectivity index (χ0n) is 38.1. The summed E-state index contributed by atoms with van der Waals surface area (Å²) in [7, 11) is 0. The molecule has 0 amide bonds. The summed E-state index contributed by atoms with van der Waals surface area (Å²) in [5.41, 5.74) is 0. The molecular weight excluding hydrogens is 653 g/mol. The van der Waals surface area contributed by atoms with Crippen molar-refractivity contribution in [2.75, 3.05) is 0 Å². The SMILES string of the molecule is CCCCCCCCCCCCCCCCCCCc1n(CCCCCCCCCCCCCC)cc[n+]1CCCCCCCCCCCCCCCC. The van der Waals surface area contributed by atoms with E-state index in [0.717, 1.165) is 0 Å². The van der Waals surface area contributed by atoms with Crippen molar-refractivity contribution in [3.8, 4) is 0 Å². The lowest BCUT2D eigenvalue weighted by atomic mass is 10.0. The molecular formula is C52H103N2+. The second-order valence-electron chi connectivity index (χ2n) is 18.0. The number of imidazole rings is 1. The quantitative estimate of drug-likeness (QED) is 0.0463. The van der Waals surface area contributed by atoms with Gasteiger partial charge in [-0.25, -0.2) is 9.13 Å². The molecule has 1 aromatic rings. The van der Waals surface area contributed by atoms with E-state index < -0.39 is 0 Å². The fraction of sp³-hybridized carbons (Fsp3) is 0.942. The van der Waals surface area contributed by atoms with Crippen LogP contribution in [0.5, 0.6) is 0 Å². The predicted molar refractivity (Wildman–Crippen MR) is 244 cm³/mol. The number of aromatic nitrogens is 2. The van der Waals surface area contributed by atoms with Gasteiger partial charge in [0.25, 0.3) is 5.82 Å². The van der Waals surface area contributed by atoms with E-state index in [1.165, 1.54) is 296 Å². The van der Waals surface area contributed by atoms with Gasteiger partial charge in [0.2, 0.25) is 0 Å². The van der Waals surface area contributed by atoms with Crippen LogP contribution in [-0.2, 0) is 19.5 Å². The van der Waals surface area contributed by atoms with Gasteiger partial charge in [0.15, 0.2) is 0 Å². The fourth-order valence-corrected chi connectivity index (χ4v) is 8.80. The van der Waals surface area contributed by atoms with Gasteiger partial charge in [-0.2, -0.15) is 0 Å². The van der Waals surface area contributed by atoms with Crippen molar-refractivity contribution in [2.24, 2.45) is 0 Å². The number of aryl methyl sites for hydroxylation is 2. The number of rotatable bonds is 46. The third-order valence-electron chi connectivity index (χ3n) is 12.6. The van der Waals surface area contributed by atoms with Gasteiger partial charge in [-0.05, 0) is 32.1 Å². The molecule has 2 nitrogen and oxygen atoms in total. The number of nitrogens with zero attached hydrogens (tertiary/aromatic N) is 2. The summed E-state index contributed by atoms with van der Waals surface area (Å²) >= 11 is 0. The molecule has 0 aliphatic carbocycles. The first kappa shape index (κ1) is 51.2. The Morgan fingerprint density at radius 2 is 0.574 bits per heavy atom. The van der Waals surface area contributed by atoms with Crippen LogP contribution in [0.1, 0.15) is 303 Å². The summed E-state index contributed by atoms with van der Waals surface area (Å²) in [5.74, 6) is 1.63. The van der Waals surface area contributed by atoms with E-state index in [0.29, 0.717) is 0 Å². The van der Waals surface area contributed by atoms with Gasteiger partial charge in [0.1, 0.15) is 12.4 Å². The highest BCUT2D eigenvalue weighted by molar-refractivity contribution is 4.84. The van der Waals surface area contributed by atoms with Crippen LogP contribution in [0, 0.1) is 0 Å². The third-order valence-corrected chi connectivity index (χ3v) is 12.6. The minimum Gasteiger partial charge on any atom is -0.234 e. The van der Waals surface area contributed by atoms with Crippen LogP contribution in [-0.4, -0.2) is 4.57 Å². The van der Waals surface area contributed by atoms with Gasteiger partial charge in [-0.3, -0.25) is 0 Å². The summed E-state index contributed by atoms with van der Waals surface area (Å²) in [6.07, 6.45) is 68.3. The normalized spacial score (nSPS) is 11.7. The monoisotopic (exact) mass is 756 g/mol. The highest BCUT2D eigenvalue weighted by Gasteiger charge is 2.16. The zero-order chi connectivity index (χ0) is 38.7. The molecule has 0 fully saturated rings. The predicted octanol–water partition coefficient (Wildman–Crippen LogP) is 18.2. The average molecular weight is 756 g/mol. The van der Waals surface area contributed by atoms with Crippen LogP contribution < -0.4 is 4.57 Å². The summed E-state index contributed by atoms with van der Waals surface area (Å²) < 4.78 is 5.32. The summed E-state index contributed by atoms with van der Waals surface area (Å²) in [5, 5.41) is 0. The average Bonchev–Trinajstić information content (AvgIpc) is 3.57. The summed E-state index contributed by atoms with van der Waals surface area (Å²) in [6.45, 7) is 9.42. The van der Waals surface area contributed by atoms with Gasteiger partial charge >= 0.3 is 0 Å². The molecule has 0 saturated carbocycles. The molecule has 0 aliphatic rings. The van der Waals surface area contributed by atoms with E-state index in [2.05, 4.69) is 42.3 Å². The lowest BCUT2D eigenvalue weighted by Gasteiger charge is -2.07. The molecule has 2 heteroatoms. The molecule has 1 rings (SSSR count). The maximum Gasteiger partial charge on any atom is 0.256 e. The number of hydrogen-bond donors (Lipinski definition) is 0. The third kappa shape index (κ3) is 34.5. The Labute approximate surface area is 342 Å². The van der Waals surface area contributed by atoms with Gasteiger partial charge in [0, 0.05) is 6.42 Å². The van der Waals surface area contributed by atoms with E-state index in [4.69, 9.17) is 0 Å². The van der Waals surface area contributed by atoms with Crippen molar-refractivity contribution >= 4 is 0 Å². The highest BCUT2D eigenvalue weighted by atomic mass is 15.1. The molecule has 54 heavy (non-hydrogen) atoms. The number of hydrogen-bond acceptors (Lipinski definition) is 0. The minimum atomic E-state index is 1.23. The highest BCUT2D eigenvalue weighted by Crippen LogP contribution is 2.17. The van der Waals surface area contributed by atoms with Crippen molar-refractivity contribution in [1.82, 2.24) is 4.57 Å². The Balaban J connectivity index is 2.25. The Hall–Kier alpha value is -0.790. The second kappa shape index (κ2) is 43.3. The van der Waals surface area contributed by atoms with Crippen LogP contribution in [0.15, 0.2) is 12.4 Å². The minimum absolute atomic E-state index is 1.23. The lowest BCUT2D eigenvalue weighted by molar-refractivity contribution is -0.704. The van der Waals surface area contributed by atoms with E-state index in [9.17, 15) is 0 Å². The first-order valence-corrected chi connectivity index (χ1v) is 25.9. The maximum absolute atomic E-state index is 2.66. The molecule has 0 aliphatic heterocycles. The van der Waals surface area contributed by atoms with Crippen LogP contribution in [0.4, 0.5) is 0 Å². The maximum atomic E-state index is 2.66. The van der Waals surface area contributed by atoms with Crippen molar-refractivity contribution in [3.05, 3.63) is 18.2 Å². The van der Waals surface area contributed by atoms with E-state index in [1.807, 2.05) is 0 Å². The molecule has 1 heterocycles. The van der Waals surface area contributed by atoms with Crippen molar-refractivity contribution < 1.29 is 4.57 Å². The molecule has 320 valence electrons. The van der Waals surface area contributed by atoms with Gasteiger partial charge in [-0.1, -0.05) is 265 Å². The van der Waals surface area contributed by atoms with Crippen LogP contribution in [0.3, 0.4) is 0 Å². The summed E-state index contributed by atoms with van der Waals surface area (Å²) in [6, 6.07) is 0. The van der Waals surface area contributed by atoms with Gasteiger partial charge < -0.3 is 0 Å². The van der Waals surface area contributed by atoms with Crippen LogP contribution >= 0.6 is 0 Å². The van der Waals surface area contributed by atoms with Gasteiger partial charge in [0.05, 0.1) is 13.1 Å². The second-order valence-corrected chi connectivity index (χ2v) is 18.0. The molecule has 0 aromatic carbocycles. The van der Waals surface area contributed by atoms with Crippen molar-refractivity contribution in [2.45, 2.75) is 316 Å². The zero-order valence-corrected chi connectivity index (χ0v) is 38.1. The first-order chi connectivity index (χ1) is 26.8. The van der Waals surface area contributed by atoms with Crippen LogP contribution in [0.25, 0.3) is 0 Å². The molecule has 0 saturated heterocycles.